The lowest BCUT2D eigenvalue weighted by Gasteiger charge is -2.32. The molecule has 8 nitrogen and oxygen atoms in total. The fourth-order valence-corrected chi connectivity index (χ4v) is 3.53. The Morgan fingerprint density at radius 2 is 1.72 bits per heavy atom. The second kappa shape index (κ2) is 11.6. The standard InChI is InChI=1S/C24H32N4O4/c1-18-5-3-4-6-21(18)22(29)17-25-23(30)24(31)26-19-7-9-20(10-8-19)32-16-15-28-13-11-27(2)12-14-28/h3-10,22,29H,11-17H2,1-2H3,(H,25,30)(H,26,31)/t22-/m0/s1. The Hall–Kier alpha value is -2.94. The van der Waals surface area contributed by atoms with Crippen LogP contribution in [0.1, 0.15) is 17.2 Å². The maximum atomic E-state index is 12.1. The molecule has 0 aromatic heterocycles. The highest BCUT2D eigenvalue weighted by Crippen LogP contribution is 2.17. The highest BCUT2D eigenvalue weighted by Gasteiger charge is 2.17. The second-order valence-corrected chi connectivity index (χ2v) is 8.05. The van der Waals surface area contributed by atoms with Crippen LogP contribution in [-0.4, -0.2) is 79.6 Å². The van der Waals surface area contributed by atoms with Gasteiger partial charge >= 0.3 is 11.8 Å². The van der Waals surface area contributed by atoms with Gasteiger partial charge in [0, 0.05) is 45.0 Å². The Kier molecular flexibility index (Phi) is 8.61. The average molecular weight is 441 g/mol. The zero-order valence-corrected chi connectivity index (χ0v) is 18.7. The number of amides is 2. The molecule has 3 rings (SSSR count). The van der Waals surface area contributed by atoms with E-state index in [1.54, 1.807) is 30.3 Å². The molecule has 32 heavy (non-hydrogen) atoms. The van der Waals surface area contributed by atoms with Gasteiger partial charge in [-0.15, -0.1) is 0 Å². The molecule has 8 heteroatoms. The maximum absolute atomic E-state index is 12.1. The molecule has 1 saturated heterocycles. The number of anilines is 1. The van der Waals surface area contributed by atoms with E-state index in [1.807, 2.05) is 25.1 Å². The van der Waals surface area contributed by atoms with Gasteiger partial charge in [0.05, 0.1) is 6.10 Å². The fraction of sp³-hybridized carbons (Fsp3) is 0.417. The highest BCUT2D eigenvalue weighted by atomic mass is 16.5. The summed E-state index contributed by atoms with van der Waals surface area (Å²) in [5, 5.41) is 15.3. The first-order chi connectivity index (χ1) is 15.4. The van der Waals surface area contributed by atoms with E-state index in [0.29, 0.717) is 18.0 Å². The topological polar surface area (TPSA) is 94.1 Å². The number of rotatable bonds is 8. The number of aryl methyl sites for hydroxylation is 1. The lowest BCUT2D eigenvalue weighted by atomic mass is 10.0. The molecule has 3 N–H and O–H groups in total. The highest BCUT2D eigenvalue weighted by molar-refractivity contribution is 6.39. The predicted molar refractivity (Wildman–Crippen MR) is 124 cm³/mol. The van der Waals surface area contributed by atoms with E-state index in [-0.39, 0.29) is 6.54 Å². The van der Waals surface area contributed by atoms with Crippen LogP contribution in [0.4, 0.5) is 5.69 Å². The van der Waals surface area contributed by atoms with Gasteiger partial charge in [0.15, 0.2) is 0 Å². The Morgan fingerprint density at radius 1 is 1.03 bits per heavy atom. The van der Waals surface area contributed by atoms with Gasteiger partial charge in [-0.3, -0.25) is 14.5 Å². The van der Waals surface area contributed by atoms with E-state index in [1.165, 1.54) is 0 Å². The van der Waals surface area contributed by atoms with Crippen LogP contribution >= 0.6 is 0 Å². The molecule has 1 atom stereocenters. The molecule has 172 valence electrons. The molecule has 2 aromatic rings. The SMILES string of the molecule is Cc1ccccc1[C@@H](O)CNC(=O)C(=O)Nc1ccc(OCCN2CCN(C)CC2)cc1. The molecule has 0 spiro atoms. The van der Waals surface area contributed by atoms with Crippen molar-refractivity contribution in [1.82, 2.24) is 15.1 Å². The van der Waals surface area contributed by atoms with Crippen molar-refractivity contribution in [3.8, 4) is 5.75 Å². The third-order valence-corrected chi connectivity index (χ3v) is 5.59. The van der Waals surface area contributed by atoms with Crippen LogP contribution in [0.3, 0.4) is 0 Å². The molecule has 0 saturated carbocycles. The van der Waals surface area contributed by atoms with Gasteiger partial charge in [0.1, 0.15) is 12.4 Å². The van der Waals surface area contributed by atoms with Gasteiger partial charge in [-0.05, 0) is 49.4 Å². The molecule has 1 fully saturated rings. The summed E-state index contributed by atoms with van der Waals surface area (Å²) in [6.45, 7) is 7.56. The van der Waals surface area contributed by atoms with Crippen LogP contribution in [0.15, 0.2) is 48.5 Å². The van der Waals surface area contributed by atoms with Gasteiger partial charge in [-0.25, -0.2) is 0 Å². The Morgan fingerprint density at radius 3 is 2.41 bits per heavy atom. The van der Waals surface area contributed by atoms with E-state index in [0.717, 1.165) is 43.9 Å². The molecule has 0 unspecified atom stereocenters. The van der Waals surface area contributed by atoms with Gasteiger partial charge in [0.2, 0.25) is 0 Å². The average Bonchev–Trinajstić information content (AvgIpc) is 2.80. The van der Waals surface area contributed by atoms with E-state index >= 15 is 0 Å². The van der Waals surface area contributed by atoms with Gasteiger partial charge in [-0.2, -0.15) is 0 Å². The smallest absolute Gasteiger partial charge is 0.313 e. The van der Waals surface area contributed by atoms with Gasteiger partial charge in [0.25, 0.3) is 0 Å². The molecule has 2 aromatic carbocycles. The first-order valence-electron chi connectivity index (χ1n) is 10.9. The Labute approximate surface area is 189 Å². The van der Waals surface area contributed by atoms with Gasteiger partial charge < -0.3 is 25.4 Å². The number of piperazine rings is 1. The monoisotopic (exact) mass is 440 g/mol. The minimum atomic E-state index is -0.879. The van der Waals surface area contributed by atoms with Crippen molar-refractivity contribution in [2.45, 2.75) is 13.0 Å². The third kappa shape index (κ3) is 7.05. The zero-order valence-electron chi connectivity index (χ0n) is 18.7. The summed E-state index contributed by atoms with van der Waals surface area (Å²) >= 11 is 0. The number of hydrogen-bond acceptors (Lipinski definition) is 6. The second-order valence-electron chi connectivity index (χ2n) is 8.05. The van der Waals surface area contributed by atoms with Crippen molar-refractivity contribution < 1.29 is 19.4 Å². The number of aliphatic hydroxyl groups excluding tert-OH is 1. The number of benzene rings is 2. The maximum Gasteiger partial charge on any atom is 0.313 e. The summed E-state index contributed by atoms with van der Waals surface area (Å²) in [7, 11) is 2.13. The van der Waals surface area contributed by atoms with Crippen LogP contribution in [0, 0.1) is 6.92 Å². The number of likely N-dealkylation sites (N-methyl/N-ethyl adjacent to an activating group) is 1. The van der Waals surface area contributed by atoms with E-state index in [4.69, 9.17) is 4.74 Å². The largest absolute Gasteiger partial charge is 0.492 e. The Bertz CT molecular complexity index is 895. The summed E-state index contributed by atoms with van der Waals surface area (Å²) in [6, 6.07) is 14.3. The number of aliphatic hydroxyl groups is 1. The Balaban J connectivity index is 1.39. The van der Waals surface area contributed by atoms with Crippen LogP contribution in [0.25, 0.3) is 0 Å². The fourth-order valence-electron chi connectivity index (χ4n) is 3.53. The van der Waals surface area contributed by atoms with E-state index in [2.05, 4.69) is 27.5 Å². The van der Waals surface area contributed by atoms with E-state index in [9.17, 15) is 14.7 Å². The first-order valence-corrected chi connectivity index (χ1v) is 10.9. The van der Waals surface area contributed by atoms with Crippen molar-refractivity contribution in [3.05, 3.63) is 59.7 Å². The van der Waals surface area contributed by atoms with Crippen molar-refractivity contribution in [1.29, 1.82) is 0 Å². The third-order valence-electron chi connectivity index (χ3n) is 5.59. The lowest BCUT2D eigenvalue weighted by Crippen LogP contribution is -2.45. The molecule has 0 radical (unpaired) electrons. The summed E-state index contributed by atoms with van der Waals surface area (Å²) in [4.78, 5) is 28.9. The summed E-state index contributed by atoms with van der Waals surface area (Å²) < 4.78 is 5.78. The van der Waals surface area contributed by atoms with Crippen molar-refractivity contribution >= 4 is 17.5 Å². The minimum absolute atomic E-state index is 0.0445. The number of carbonyl (C=O) groups excluding carboxylic acids is 2. The molecule has 0 bridgehead atoms. The molecular formula is C24H32N4O4. The summed E-state index contributed by atoms with van der Waals surface area (Å²) in [5.74, 6) is -0.876. The number of carbonyl (C=O) groups is 2. The van der Waals surface area contributed by atoms with Crippen LogP contribution < -0.4 is 15.4 Å². The van der Waals surface area contributed by atoms with Crippen molar-refractivity contribution in [3.63, 3.8) is 0 Å². The lowest BCUT2D eigenvalue weighted by molar-refractivity contribution is -0.136. The number of hydrogen-bond donors (Lipinski definition) is 3. The normalized spacial score (nSPS) is 15.7. The van der Waals surface area contributed by atoms with Crippen LogP contribution in [0.2, 0.25) is 0 Å². The van der Waals surface area contributed by atoms with Crippen molar-refractivity contribution in [2.24, 2.45) is 0 Å². The molecular weight excluding hydrogens is 408 g/mol. The van der Waals surface area contributed by atoms with E-state index < -0.39 is 17.9 Å². The number of ether oxygens (including phenoxy) is 1. The first kappa shape index (κ1) is 23.7. The number of nitrogens with one attached hydrogen (secondary N) is 2. The van der Waals surface area contributed by atoms with Crippen LogP contribution in [0.5, 0.6) is 5.75 Å². The molecule has 1 aliphatic heterocycles. The minimum Gasteiger partial charge on any atom is -0.492 e. The quantitative estimate of drug-likeness (QED) is 0.538. The summed E-state index contributed by atoms with van der Waals surface area (Å²) in [6.07, 6.45) is -0.879. The van der Waals surface area contributed by atoms with Crippen molar-refractivity contribution in [2.75, 3.05) is 58.2 Å². The predicted octanol–water partition coefficient (Wildman–Crippen LogP) is 1.41. The molecule has 2 amide bonds. The zero-order chi connectivity index (χ0) is 22.9. The summed E-state index contributed by atoms with van der Waals surface area (Å²) in [5.41, 5.74) is 2.14. The number of nitrogens with zero attached hydrogens (tertiary/aromatic N) is 2. The molecule has 1 aliphatic rings. The van der Waals surface area contributed by atoms with Gasteiger partial charge in [-0.1, -0.05) is 24.3 Å². The molecule has 1 heterocycles. The van der Waals surface area contributed by atoms with Crippen LogP contribution in [-0.2, 0) is 9.59 Å². The molecule has 0 aliphatic carbocycles.